The molecule has 4 rings (SSSR count). The van der Waals surface area contributed by atoms with Crippen LogP contribution in [0, 0.1) is 10.1 Å². The highest BCUT2D eigenvalue weighted by molar-refractivity contribution is 6.02. The van der Waals surface area contributed by atoms with Crippen LogP contribution >= 0.6 is 0 Å². The molecule has 1 fully saturated rings. The Hall–Kier alpha value is -4.08. The Bertz CT molecular complexity index is 1260. The third kappa shape index (κ3) is 7.24. The molecule has 9 heteroatoms. The molecule has 3 atom stereocenters. The Morgan fingerprint density at radius 3 is 2.26 bits per heavy atom. The molecule has 0 saturated heterocycles. The third-order valence-electron chi connectivity index (χ3n) is 6.62. The topological polar surface area (TPSA) is 134 Å². The first-order valence-corrected chi connectivity index (χ1v) is 12.7. The minimum atomic E-state index is -0.854. The van der Waals surface area contributed by atoms with E-state index in [1.54, 1.807) is 6.92 Å². The number of aliphatic hydroxyl groups is 1. The van der Waals surface area contributed by atoms with Gasteiger partial charge in [-0.3, -0.25) is 19.7 Å². The van der Waals surface area contributed by atoms with E-state index in [4.69, 9.17) is 0 Å². The van der Waals surface area contributed by atoms with Gasteiger partial charge in [0, 0.05) is 24.2 Å². The molecule has 1 aliphatic carbocycles. The number of nitrogens with one attached hydrogen (secondary N) is 3. The zero-order valence-electron chi connectivity index (χ0n) is 21.2. The molecule has 0 bridgehead atoms. The van der Waals surface area contributed by atoms with Crippen molar-refractivity contribution < 1.29 is 19.6 Å². The molecule has 0 aromatic heterocycles. The summed E-state index contributed by atoms with van der Waals surface area (Å²) in [6.07, 6.45) is 1.68. The van der Waals surface area contributed by atoms with Crippen molar-refractivity contribution in [2.75, 3.05) is 6.54 Å². The van der Waals surface area contributed by atoms with E-state index in [1.165, 1.54) is 12.1 Å². The van der Waals surface area contributed by atoms with Crippen molar-refractivity contribution >= 4 is 17.5 Å². The molecule has 38 heavy (non-hydrogen) atoms. The Balaban J connectivity index is 1.53. The van der Waals surface area contributed by atoms with Crippen molar-refractivity contribution in [1.29, 1.82) is 0 Å². The standard InChI is InChI=1S/C29H32N4O5/c1-19(21-10-6-3-7-11-21)31-29(36)24-17-22(12-15-26(24)33(37)38)28(35)32-25(16-20-8-4-2-5-9-20)27(34)18-30-23-13-14-23/h2-12,15,17,19,23,25,27,30,34H,13-14,16,18H2,1H3,(H,31,36)(H,32,35)/t19-,25+,27-/m1/s1. The van der Waals surface area contributed by atoms with Crippen LogP contribution < -0.4 is 16.0 Å². The van der Waals surface area contributed by atoms with Crippen LogP contribution in [0.25, 0.3) is 0 Å². The normalized spacial score (nSPS) is 15.2. The monoisotopic (exact) mass is 516 g/mol. The first-order valence-electron chi connectivity index (χ1n) is 12.7. The maximum absolute atomic E-state index is 13.3. The zero-order chi connectivity index (χ0) is 27.1. The number of benzene rings is 3. The second-order valence-electron chi connectivity index (χ2n) is 9.61. The fourth-order valence-corrected chi connectivity index (χ4v) is 4.24. The van der Waals surface area contributed by atoms with Gasteiger partial charge < -0.3 is 21.1 Å². The molecule has 4 N–H and O–H groups in total. The molecule has 9 nitrogen and oxygen atoms in total. The Labute approximate surface area is 221 Å². The molecule has 3 aromatic rings. The fraction of sp³-hybridized carbons (Fsp3) is 0.310. The van der Waals surface area contributed by atoms with E-state index in [1.807, 2.05) is 60.7 Å². The van der Waals surface area contributed by atoms with Crippen molar-refractivity contribution in [3.63, 3.8) is 0 Å². The molecule has 0 unspecified atom stereocenters. The number of rotatable bonds is 12. The number of nitro benzene ring substituents is 1. The SMILES string of the molecule is C[C@@H](NC(=O)c1cc(C(=O)N[C@@H](Cc2ccccc2)[C@H](O)CNC2CC2)ccc1[N+](=O)[O-])c1ccccc1. The molecule has 1 aliphatic rings. The van der Waals surface area contributed by atoms with Gasteiger partial charge in [-0.1, -0.05) is 60.7 Å². The summed E-state index contributed by atoms with van der Waals surface area (Å²) in [5.41, 5.74) is 1.28. The Kier molecular flexibility index (Phi) is 8.83. The summed E-state index contributed by atoms with van der Waals surface area (Å²) in [6, 6.07) is 21.8. The van der Waals surface area contributed by atoms with E-state index in [0.717, 1.165) is 30.0 Å². The van der Waals surface area contributed by atoms with Crippen LogP contribution in [0.4, 0.5) is 5.69 Å². The van der Waals surface area contributed by atoms with Gasteiger partial charge >= 0.3 is 0 Å². The first-order chi connectivity index (χ1) is 18.3. The summed E-state index contributed by atoms with van der Waals surface area (Å²) >= 11 is 0. The number of nitro groups is 1. The van der Waals surface area contributed by atoms with Gasteiger partial charge in [0.25, 0.3) is 17.5 Å². The van der Waals surface area contributed by atoms with Crippen LogP contribution in [0.3, 0.4) is 0 Å². The Morgan fingerprint density at radius 2 is 1.63 bits per heavy atom. The smallest absolute Gasteiger partial charge is 0.282 e. The molecule has 2 amide bonds. The van der Waals surface area contributed by atoms with Crippen molar-refractivity contribution in [1.82, 2.24) is 16.0 Å². The van der Waals surface area contributed by atoms with Gasteiger partial charge in [0.15, 0.2) is 0 Å². The van der Waals surface area contributed by atoms with Crippen LogP contribution in [-0.4, -0.2) is 46.6 Å². The summed E-state index contributed by atoms with van der Waals surface area (Å²) in [7, 11) is 0. The molecule has 0 aliphatic heterocycles. The van der Waals surface area contributed by atoms with Crippen molar-refractivity contribution in [2.45, 2.75) is 50.4 Å². The molecule has 1 saturated carbocycles. The van der Waals surface area contributed by atoms with E-state index in [0.29, 0.717) is 19.0 Å². The lowest BCUT2D eigenvalue weighted by Crippen LogP contribution is -2.49. The quantitative estimate of drug-likeness (QED) is 0.215. The van der Waals surface area contributed by atoms with Gasteiger partial charge in [0.05, 0.1) is 23.1 Å². The summed E-state index contributed by atoms with van der Waals surface area (Å²) in [6.45, 7) is 2.11. The number of nitrogens with zero attached hydrogens (tertiary/aromatic N) is 1. The van der Waals surface area contributed by atoms with Crippen LogP contribution in [0.15, 0.2) is 78.9 Å². The minimum absolute atomic E-state index is 0.0912. The van der Waals surface area contributed by atoms with Crippen molar-refractivity contribution in [2.24, 2.45) is 0 Å². The average Bonchev–Trinajstić information content (AvgIpc) is 3.76. The average molecular weight is 517 g/mol. The largest absolute Gasteiger partial charge is 0.390 e. The molecule has 198 valence electrons. The van der Waals surface area contributed by atoms with Gasteiger partial charge in [-0.2, -0.15) is 0 Å². The van der Waals surface area contributed by atoms with E-state index in [2.05, 4.69) is 16.0 Å². The van der Waals surface area contributed by atoms with E-state index < -0.39 is 40.6 Å². The molecule has 3 aromatic carbocycles. The molecule has 0 heterocycles. The lowest BCUT2D eigenvalue weighted by atomic mass is 10.00. The van der Waals surface area contributed by atoms with Crippen molar-refractivity contribution in [3.05, 3.63) is 111 Å². The number of hydrogen-bond acceptors (Lipinski definition) is 6. The lowest BCUT2D eigenvalue weighted by molar-refractivity contribution is -0.385. The number of aliphatic hydroxyl groups excluding tert-OH is 1. The number of hydrogen-bond donors (Lipinski definition) is 4. The van der Waals surface area contributed by atoms with Gasteiger partial charge in [-0.25, -0.2) is 0 Å². The number of carbonyl (C=O) groups excluding carboxylic acids is 2. The third-order valence-corrected chi connectivity index (χ3v) is 6.62. The molecule has 0 radical (unpaired) electrons. The van der Waals surface area contributed by atoms with E-state index in [9.17, 15) is 24.8 Å². The predicted molar refractivity (Wildman–Crippen MR) is 144 cm³/mol. The van der Waals surface area contributed by atoms with Crippen LogP contribution in [0.5, 0.6) is 0 Å². The first kappa shape index (κ1) is 27.0. The van der Waals surface area contributed by atoms with Crippen LogP contribution in [-0.2, 0) is 6.42 Å². The highest BCUT2D eigenvalue weighted by atomic mass is 16.6. The second kappa shape index (κ2) is 12.4. The van der Waals surface area contributed by atoms with Crippen LogP contribution in [0.1, 0.15) is 57.7 Å². The summed E-state index contributed by atoms with van der Waals surface area (Å²) in [4.78, 5) is 37.3. The van der Waals surface area contributed by atoms with Gasteiger partial charge in [0.1, 0.15) is 5.56 Å². The van der Waals surface area contributed by atoms with Gasteiger partial charge in [0.2, 0.25) is 0 Å². The van der Waals surface area contributed by atoms with Crippen LogP contribution in [0.2, 0.25) is 0 Å². The predicted octanol–water partition coefficient (Wildman–Crippen LogP) is 3.54. The van der Waals surface area contributed by atoms with E-state index in [-0.39, 0.29) is 11.1 Å². The maximum Gasteiger partial charge on any atom is 0.282 e. The zero-order valence-corrected chi connectivity index (χ0v) is 21.2. The second-order valence-corrected chi connectivity index (χ2v) is 9.61. The summed E-state index contributed by atoms with van der Waals surface area (Å²) < 4.78 is 0. The maximum atomic E-state index is 13.3. The fourth-order valence-electron chi connectivity index (χ4n) is 4.24. The van der Waals surface area contributed by atoms with Gasteiger partial charge in [-0.15, -0.1) is 0 Å². The molecule has 0 spiro atoms. The minimum Gasteiger partial charge on any atom is -0.390 e. The van der Waals surface area contributed by atoms with Gasteiger partial charge in [-0.05, 0) is 49.4 Å². The number of amides is 2. The summed E-state index contributed by atoms with van der Waals surface area (Å²) in [5, 5.41) is 31.5. The van der Waals surface area contributed by atoms with Crippen molar-refractivity contribution in [3.8, 4) is 0 Å². The molecular formula is C29H32N4O5. The lowest BCUT2D eigenvalue weighted by Gasteiger charge is -2.25. The summed E-state index contributed by atoms with van der Waals surface area (Å²) in [5.74, 6) is -1.19. The molecular weight excluding hydrogens is 484 g/mol. The Morgan fingerprint density at radius 1 is 0.974 bits per heavy atom. The highest BCUT2D eigenvalue weighted by Crippen LogP contribution is 2.23. The van der Waals surface area contributed by atoms with E-state index >= 15 is 0 Å². The number of carbonyl (C=O) groups is 2. The highest BCUT2D eigenvalue weighted by Gasteiger charge is 2.28.